The van der Waals surface area contributed by atoms with Crippen LogP contribution in [0.1, 0.15) is 31.7 Å². The van der Waals surface area contributed by atoms with Gasteiger partial charge in [-0.3, -0.25) is 4.31 Å². The van der Waals surface area contributed by atoms with E-state index in [2.05, 4.69) is 6.07 Å². The van der Waals surface area contributed by atoms with E-state index in [1.54, 1.807) is 30.3 Å². The van der Waals surface area contributed by atoms with Crippen LogP contribution in [-0.2, 0) is 14.8 Å². The van der Waals surface area contributed by atoms with Crippen LogP contribution in [0.4, 0.5) is 5.69 Å². The van der Waals surface area contributed by atoms with E-state index in [1.165, 1.54) is 24.3 Å². The summed E-state index contributed by atoms with van der Waals surface area (Å²) in [7, 11) is -4.38. The summed E-state index contributed by atoms with van der Waals surface area (Å²) in [5.74, 6) is -1.27. The van der Waals surface area contributed by atoms with Crippen LogP contribution in [0.5, 0.6) is 0 Å². The van der Waals surface area contributed by atoms with Gasteiger partial charge in [0.15, 0.2) is 0 Å². The summed E-state index contributed by atoms with van der Waals surface area (Å²) in [6.45, 7) is 1.89. The molecule has 1 unspecified atom stereocenters. The number of rotatable bonds is 8. The third kappa shape index (κ3) is 4.68. The average molecular weight is 491 g/mol. The number of hydrogen-bond acceptors (Lipinski definition) is 4. The van der Waals surface area contributed by atoms with Crippen LogP contribution in [0.3, 0.4) is 0 Å². The van der Waals surface area contributed by atoms with Gasteiger partial charge in [0.05, 0.1) is 22.2 Å². The summed E-state index contributed by atoms with van der Waals surface area (Å²) in [5.41, 5.74) is 0.520. The zero-order valence-corrected chi connectivity index (χ0v) is 19.5. The van der Waals surface area contributed by atoms with E-state index in [9.17, 15) is 23.6 Å². The fourth-order valence-corrected chi connectivity index (χ4v) is 5.96. The summed E-state index contributed by atoms with van der Waals surface area (Å²) in [4.78, 5) is 12.1. The van der Waals surface area contributed by atoms with Gasteiger partial charge >= 0.3 is 5.97 Å². The number of anilines is 1. The Kier molecular flexibility index (Phi) is 7.29. The molecule has 0 aliphatic carbocycles. The SMILES string of the molecule is CCCCC(C(=O)O)N(c1cccc2c(C#N)cccc12)S(=O)(=O)c1cc(Cl)cc(Cl)c1. The highest BCUT2D eigenvalue weighted by atomic mass is 35.5. The Hall–Kier alpha value is -2.79. The summed E-state index contributed by atoms with van der Waals surface area (Å²) >= 11 is 12.1. The molecule has 0 bridgehead atoms. The van der Waals surface area contributed by atoms with Crippen LogP contribution in [0, 0.1) is 11.3 Å². The third-order valence-corrected chi connectivity index (χ3v) is 7.29. The van der Waals surface area contributed by atoms with Gasteiger partial charge in [-0.15, -0.1) is 0 Å². The lowest BCUT2D eigenvalue weighted by atomic mass is 10.0. The summed E-state index contributed by atoms with van der Waals surface area (Å²) < 4.78 is 28.6. The third-order valence-electron chi connectivity index (χ3n) is 5.05. The van der Waals surface area contributed by atoms with Gasteiger partial charge in [-0.1, -0.05) is 67.2 Å². The van der Waals surface area contributed by atoms with Crippen molar-refractivity contribution in [2.75, 3.05) is 4.31 Å². The van der Waals surface area contributed by atoms with Gasteiger partial charge in [-0.05, 0) is 36.8 Å². The smallest absolute Gasteiger partial charge is 0.327 e. The Morgan fingerprint density at radius 1 is 1.09 bits per heavy atom. The lowest BCUT2D eigenvalue weighted by Crippen LogP contribution is -2.45. The molecule has 3 aromatic carbocycles. The number of benzene rings is 3. The lowest BCUT2D eigenvalue weighted by molar-refractivity contribution is -0.138. The number of hydrogen-bond donors (Lipinski definition) is 1. The number of unbranched alkanes of at least 4 members (excludes halogenated alkanes) is 1. The number of fused-ring (bicyclic) bond motifs is 1. The van der Waals surface area contributed by atoms with Crippen LogP contribution in [0.2, 0.25) is 10.0 Å². The molecule has 0 aliphatic heterocycles. The quantitative estimate of drug-likeness (QED) is 0.426. The number of nitriles is 1. The van der Waals surface area contributed by atoms with Crippen molar-refractivity contribution in [3.63, 3.8) is 0 Å². The molecule has 0 radical (unpaired) electrons. The molecule has 0 saturated carbocycles. The first-order chi connectivity index (χ1) is 15.2. The highest BCUT2D eigenvalue weighted by molar-refractivity contribution is 7.93. The van der Waals surface area contributed by atoms with E-state index < -0.39 is 22.0 Å². The maximum absolute atomic E-state index is 13.8. The minimum Gasteiger partial charge on any atom is -0.480 e. The number of carboxylic acid groups (broad SMARTS) is 1. The molecule has 166 valence electrons. The number of aliphatic carboxylic acids is 1. The van der Waals surface area contributed by atoms with Gasteiger partial charge < -0.3 is 5.11 Å². The van der Waals surface area contributed by atoms with Gasteiger partial charge in [0.1, 0.15) is 6.04 Å². The molecule has 9 heteroatoms. The molecule has 32 heavy (non-hydrogen) atoms. The molecule has 0 spiro atoms. The van der Waals surface area contributed by atoms with Gasteiger partial charge in [-0.25, -0.2) is 13.2 Å². The predicted molar refractivity (Wildman–Crippen MR) is 126 cm³/mol. The molecule has 1 atom stereocenters. The van der Waals surface area contributed by atoms with Gasteiger partial charge in [-0.2, -0.15) is 5.26 Å². The minimum atomic E-state index is -4.38. The van der Waals surface area contributed by atoms with E-state index >= 15 is 0 Å². The summed E-state index contributed by atoms with van der Waals surface area (Å²) in [6.07, 6.45) is 1.30. The molecular weight excluding hydrogens is 471 g/mol. The fraction of sp³-hybridized carbons (Fsp3) is 0.217. The maximum Gasteiger partial charge on any atom is 0.327 e. The van der Waals surface area contributed by atoms with E-state index in [0.717, 1.165) is 4.31 Å². The van der Waals surface area contributed by atoms with E-state index in [1.807, 2.05) is 6.92 Å². The predicted octanol–water partition coefficient (Wildman–Crippen LogP) is 5.86. The Morgan fingerprint density at radius 2 is 1.72 bits per heavy atom. The fourth-order valence-electron chi connectivity index (χ4n) is 3.58. The van der Waals surface area contributed by atoms with E-state index in [4.69, 9.17) is 23.2 Å². The molecule has 0 aromatic heterocycles. The number of carbonyl (C=O) groups is 1. The van der Waals surface area contributed by atoms with Crippen LogP contribution in [-0.4, -0.2) is 25.5 Å². The summed E-state index contributed by atoms with van der Waals surface area (Å²) in [5, 5.41) is 20.7. The maximum atomic E-state index is 13.8. The van der Waals surface area contributed by atoms with Crippen molar-refractivity contribution in [1.82, 2.24) is 0 Å². The molecule has 0 saturated heterocycles. The first-order valence-electron chi connectivity index (χ1n) is 9.86. The number of halogens is 2. The van der Waals surface area contributed by atoms with E-state index in [-0.39, 0.29) is 27.0 Å². The van der Waals surface area contributed by atoms with Crippen molar-refractivity contribution in [2.45, 2.75) is 37.1 Å². The molecule has 1 N–H and O–H groups in total. The molecule has 0 aliphatic rings. The first-order valence-corrected chi connectivity index (χ1v) is 12.1. The second-order valence-corrected chi connectivity index (χ2v) is 9.88. The number of nitrogens with zero attached hydrogens (tertiary/aromatic N) is 2. The van der Waals surface area contributed by atoms with Crippen molar-refractivity contribution in [3.05, 3.63) is 70.2 Å². The van der Waals surface area contributed by atoms with Crippen LogP contribution in [0.25, 0.3) is 10.8 Å². The largest absolute Gasteiger partial charge is 0.480 e. The molecular formula is C23H20Cl2N2O4S. The highest BCUT2D eigenvalue weighted by Crippen LogP contribution is 2.36. The van der Waals surface area contributed by atoms with Crippen LogP contribution in [0.15, 0.2) is 59.5 Å². The second kappa shape index (κ2) is 9.78. The van der Waals surface area contributed by atoms with Crippen molar-refractivity contribution in [3.8, 4) is 6.07 Å². The molecule has 6 nitrogen and oxygen atoms in total. The Bertz CT molecular complexity index is 1300. The van der Waals surface area contributed by atoms with Crippen LogP contribution >= 0.6 is 23.2 Å². The van der Waals surface area contributed by atoms with Crippen molar-refractivity contribution in [2.24, 2.45) is 0 Å². The normalized spacial score (nSPS) is 12.3. The zero-order chi connectivity index (χ0) is 23.5. The molecule has 3 rings (SSSR count). The van der Waals surface area contributed by atoms with Crippen molar-refractivity contribution >= 4 is 55.7 Å². The standard InChI is InChI=1S/C23H20Cl2N2O4S/c1-2-3-9-22(23(28)29)27(32(30,31)18-12-16(24)11-17(25)13-18)21-10-5-7-19-15(14-26)6-4-8-20(19)21/h4-8,10-13,22H,2-3,9H2,1H3,(H,28,29). The Morgan fingerprint density at radius 3 is 2.31 bits per heavy atom. The molecule has 0 amide bonds. The van der Waals surface area contributed by atoms with Crippen molar-refractivity contribution in [1.29, 1.82) is 5.26 Å². The average Bonchev–Trinajstić information content (AvgIpc) is 2.75. The molecule has 3 aromatic rings. The highest BCUT2D eigenvalue weighted by Gasteiger charge is 2.37. The lowest BCUT2D eigenvalue weighted by Gasteiger charge is -2.31. The van der Waals surface area contributed by atoms with Crippen LogP contribution < -0.4 is 4.31 Å². The first kappa shape index (κ1) is 23.9. The minimum absolute atomic E-state index is 0.105. The second-order valence-electron chi connectivity index (χ2n) is 7.19. The van der Waals surface area contributed by atoms with E-state index in [0.29, 0.717) is 29.2 Å². The zero-order valence-electron chi connectivity index (χ0n) is 17.1. The monoisotopic (exact) mass is 490 g/mol. The summed E-state index contributed by atoms with van der Waals surface area (Å²) in [6, 6.07) is 14.3. The Labute approximate surface area is 196 Å². The van der Waals surface area contributed by atoms with Gasteiger partial charge in [0, 0.05) is 20.8 Å². The van der Waals surface area contributed by atoms with Gasteiger partial charge in [0.25, 0.3) is 10.0 Å². The van der Waals surface area contributed by atoms with Crippen molar-refractivity contribution < 1.29 is 18.3 Å². The van der Waals surface area contributed by atoms with Gasteiger partial charge in [0.2, 0.25) is 0 Å². The number of sulfonamides is 1. The Balaban J connectivity index is 2.35. The topological polar surface area (TPSA) is 98.5 Å². The molecule has 0 fully saturated rings. The molecule has 0 heterocycles. The number of carboxylic acids is 1.